The number of aliphatic hydroxyl groups excluding tert-OH is 1. The van der Waals surface area contributed by atoms with Gasteiger partial charge in [-0.1, -0.05) is 6.07 Å². The molecule has 0 amide bonds. The Balaban J connectivity index is 2.65. The van der Waals surface area contributed by atoms with Gasteiger partial charge in [0.2, 0.25) is 0 Å². The molecular weight excluding hydrogens is 172 g/mol. The Bertz CT molecular complexity index is 282. The van der Waals surface area contributed by atoms with Crippen LogP contribution in [-0.2, 0) is 0 Å². The molecule has 0 aromatic carbocycles. The van der Waals surface area contributed by atoms with E-state index in [4.69, 9.17) is 0 Å². The van der Waals surface area contributed by atoms with E-state index in [1.54, 1.807) is 18.3 Å². The molecule has 0 aliphatic heterocycles. The topological polar surface area (TPSA) is 45.5 Å². The van der Waals surface area contributed by atoms with E-state index in [1.807, 2.05) is 6.07 Å². The van der Waals surface area contributed by atoms with Crippen LogP contribution in [0.1, 0.15) is 11.8 Å². The van der Waals surface area contributed by atoms with Gasteiger partial charge in [-0.25, -0.2) is 4.99 Å². The fourth-order valence-corrected chi connectivity index (χ4v) is 0.865. The molecule has 1 heterocycles. The van der Waals surface area contributed by atoms with Crippen molar-refractivity contribution in [3.8, 4) is 0 Å². The summed E-state index contributed by atoms with van der Waals surface area (Å²) in [5.41, 5.74) is 0.603. The highest BCUT2D eigenvalue weighted by atomic mass is 32.1. The molecule has 1 rings (SSSR count). The fraction of sp³-hybridized carbons (Fsp3) is 0.250. The van der Waals surface area contributed by atoms with Gasteiger partial charge in [-0.3, -0.25) is 4.98 Å². The Morgan fingerprint density at radius 2 is 2.50 bits per heavy atom. The molecule has 62 valence electrons. The number of hydrogen-bond acceptors (Lipinski definition) is 4. The van der Waals surface area contributed by atoms with Gasteiger partial charge in [0.05, 0.1) is 17.4 Å². The average Bonchev–Trinajstić information content (AvgIpc) is 2.15. The maximum Gasteiger partial charge on any atom is 0.116 e. The van der Waals surface area contributed by atoms with E-state index >= 15 is 0 Å². The minimum absolute atomic E-state index is 0.223. The fourth-order valence-electron chi connectivity index (χ4n) is 0.790. The van der Waals surface area contributed by atoms with Crippen LogP contribution in [0.3, 0.4) is 0 Å². The van der Waals surface area contributed by atoms with Crippen molar-refractivity contribution >= 4 is 17.4 Å². The third-order valence-corrected chi connectivity index (χ3v) is 1.49. The van der Waals surface area contributed by atoms with Crippen LogP contribution in [-0.4, -0.2) is 21.8 Å². The predicted octanol–water partition coefficient (Wildman–Crippen LogP) is 1.22. The summed E-state index contributed by atoms with van der Waals surface area (Å²) >= 11 is 4.37. The van der Waals surface area contributed by atoms with Crippen molar-refractivity contribution in [2.75, 3.05) is 6.54 Å². The van der Waals surface area contributed by atoms with E-state index in [-0.39, 0.29) is 6.54 Å². The molecule has 0 saturated heterocycles. The number of thiocarbonyl (C=S) groups is 1. The van der Waals surface area contributed by atoms with Gasteiger partial charge in [-0.05, 0) is 24.4 Å². The second-order valence-electron chi connectivity index (χ2n) is 2.20. The summed E-state index contributed by atoms with van der Waals surface area (Å²) in [5.74, 6) is 0. The van der Waals surface area contributed by atoms with Gasteiger partial charge in [-0.15, -0.1) is 0 Å². The van der Waals surface area contributed by atoms with Gasteiger partial charge >= 0.3 is 0 Å². The zero-order valence-electron chi connectivity index (χ0n) is 6.34. The molecule has 0 spiro atoms. The highest BCUT2D eigenvalue weighted by Gasteiger charge is 2.05. The molecule has 0 aliphatic rings. The number of aliphatic hydroxyl groups is 1. The van der Waals surface area contributed by atoms with Gasteiger partial charge in [-0.2, -0.15) is 0 Å². The molecule has 0 fully saturated rings. The molecule has 1 aromatic heterocycles. The number of pyridine rings is 1. The molecule has 0 radical (unpaired) electrons. The van der Waals surface area contributed by atoms with E-state index in [0.717, 1.165) is 0 Å². The standard InChI is InChI=1S/C8H8N2OS/c11-8(5-9-6-12)7-3-1-2-4-10-7/h1-4,8,11H,5H2. The van der Waals surface area contributed by atoms with Crippen LogP contribution < -0.4 is 0 Å². The zero-order valence-corrected chi connectivity index (χ0v) is 7.16. The van der Waals surface area contributed by atoms with E-state index < -0.39 is 6.10 Å². The van der Waals surface area contributed by atoms with Crippen LogP contribution >= 0.6 is 12.2 Å². The van der Waals surface area contributed by atoms with Crippen LogP contribution in [0.2, 0.25) is 0 Å². The van der Waals surface area contributed by atoms with Crippen LogP contribution in [0.5, 0.6) is 0 Å². The number of aliphatic imine (C=N–C) groups is 1. The summed E-state index contributed by atoms with van der Waals surface area (Å²) < 4.78 is 0. The highest BCUT2D eigenvalue weighted by molar-refractivity contribution is 7.78. The first-order valence-corrected chi connectivity index (χ1v) is 3.88. The van der Waals surface area contributed by atoms with E-state index in [0.29, 0.717) is 5.69 Å². The SMILES string of the molecule is OC(CN=C=S)c1ccccn1. The van der Waals surface area contributed by atoms with E-state index in [2.05, 4.69) is 27.4 Å². The lowest BCUT2D eigenvalue weighted by molar-refractivity contribution is 0.182. The van der Waals surface area contributed by atoms with Crippen molar-refractivity contribution in [3.05, 3.63) is 30.1 Å². The first-order chi connectivity index (χ1) is 5.84. The number of rotatable bonds is 3. The number of aromatic nitrogens is 1. The third-order valence-electron chi connectivity index (χ3n) is 1.36. The maximum atomic E-state index is 9.41. The van der Waals surface area contributed by atoms with Gasteiger partial charge in [0.15, 0.2) is 0 Å². The molecule has 1 unspecified atom stereocenters. The lowest BCUT2D eigenvalue weighted by Crippen LogP contribution is -2.02. The van der Waals surface area contributed by atoms with Gasteiger partial charge < -0.3 is 5.11 Å². The molecule has 0 aliphatic carbocycles. The largest absolute Gasteiger partial charge is 0.385 e. The maximum absolute atomic E-state index is 9.41. The molecular formula is C8H8N2OS. The zero-order chi connectivity index (χ0) is 8.81. The first kappa shape index (κ1) is 9.00. The lowest BCUT2D eigenvalue weighted by Gasteiger charge is -2.04. The smallest absolute Gasteiger partial charge is 0.116 e. The van der Waals surface area contributed by atoms with Gasteiger partial charge in [0.1, 0.15) is 6.10 Å². The summed E-state index contributed by atoms with van der Waals surface area (Å²) in [6.45, 7) is 0.223. The van der Waals surface area contributed by atoms with Crippen LogP contribution in [0.4, 0.5) is 0 Å². The predicted molar refractivity (Wildman–Crippen MR) is 49.1 cm³/mol. The first-order valence-electron chi connectivity index (χ1n) is 3.47. The molecule has 12 heavy (non-hydrogen) atoms. The lowest BCUT2D eigenvalue weighted by atomic mass is 10.2. The Hall–Kier alpha value is -1.09. The van der Waals surface area contributed by atoms with Crippen LogP contribution in [0, 0.1) is 0 Å². The summed E-state index contributed by atoms with van der Waals surface area (Å²) in [6, 6.07) is 5.34. The number of nitrogens with zero attached hydrogens (tertiary/aromatic N) is 2. The second kappa shape index (κ2) is 4.72. The summed E-state index contributed by atoms with van der Waals surface area (Å²) in [7, 11) is 0. The summed E-state index contributed by atoms with van der Waals surface area (Å²) in [6.07, 6.45) is 0.946. The molecule has 0 saturated carbocycles. The molecule has 0 bridgehead atoms. The van der Waals surface area contributed by atoms with Gasteiger partial charge in [0.25, 0.3) is 0 Å². The second-order valence-corrected chi connectivity index (χ2v) is 2.38. The molecule has 1 atom stereocenters. The molecule has 4 heteroatoms. The summed E-state index contributed by atoms with van der Waals surface area (Å²) in [5, 5.41) is 11.6. The van der Waals surface area contributed by atoms with Crippen molar-refractivity contribution in [2.45, 2.75) is 6.10 Å². The number of isothiocyanates is 1. The quantitative estimate of drug-likeness (QED) is 0.562. The minimum Gasteiger partial charge on any atom is -0.385 e. The van der Waals surface area contributed by atoms with Crippen molar-refractivity contribution in [1.82, 2.24) is 4.98 Å². The van der Waals surface area contributed by atoms with E-state index in [9.17, 15) is 5.11 Å². The van der Waals surface area contributed by atoms with Crippen molar-refractivity contribution in [1.29, 1.82) is 0 Å². The monoisotopic (exact) mass is 180 g/mol. The van der Waals surface area contributed by atoms with Crippen LogP contribution in [0.15, 0.2) is 29.4 Å². The normalized spacial score (nSPS) is 11.8. The Kier molecular flexibility index (Phi) is 3.54. The Morgan fingerprint density at radius 3 is 3.08 bits per heavy atom. The van der Waals surface area contributed by atoms with Crippen LogP contribution in [0.25, 0.3) is 0 Å². The van der Waals surface area contributed by atoms with Gasteiger partial charge in [0, 0.05) is 6.20 Å². The third kappa shape index (κ3) is 2.51. The number of hydrogen-bond donors (Lipinski definition) is 1. The molecule has 1 aromatic rings. The van der Waals surface area contributed by atoms with Crippen molar-refractivity contribution in [3.63, 3.8) is 0 Å². The summed E-state index contributed by atoms with van der Waals surface area (Å²) in [4.78, 5) is 7.58. The molecule has 3 nitrogen and oxygen atoms in total. The van der Waals surface area contributed by atoms with Crippen molar-refractivity contribution < 1.29 is 5.11 Å². The Morgan fingerprint density at radius 1 is 1.67 bits per heavy atom. The van der Waals surface area contributed by atoms with E-state index in [1.165, 1.54) is 0 Å². The highest BCUT2D eigenvalue weighted by Crippen LogP contribution is 2.07. The minimum atomic E-state index is -0.679. The molecule has 1 N–H and O–H groups in total. The van der Waals surface area contributed by atoms with Crippen molar-refractivity contribution in [2.24, 2.45) is 4.99 Å². The average molecular weight is 180 g/mol. The Labute approximate surface area is 75.8 Å².